The van der Waals surface area contributed by atoms with E-state index in [1.807, 2.05) is 0 Å². The van der Waals surface area contributed by atoms with Crippen LogP contribution in [0.3, 0.4) is 0 Å². The highest BCUT2D eigenvalue weighted by molar-refractivity contribution is 5.72. The Morgan fingerprint density at radius 3 is 2.67 bits per heavy atom. The Hall–Kier alpha value is -2.23. The molecule has 1 heterocycles. The predicted octanol–water partition coefficient (Wildman–Crippen LogP) is 1.61. The maximum absolute atomic E-state index is 12.7. The van der Waals surface area contributed by atoms with E-state index in [0.717, 1.165) is 6.07 Å². The molecule has 0 atom stereocenters. The minimum absolute atomic E-state index is 0.0469. The van der Waals surface area contributed by atoms with Gasteiger partial charge in [-0.2, -0.15) is 5.26 Å². The van der Waals surface area contributed by atoms with Crippen LogP contribution in [0.15, 0.2) is 6.07 Å². The third-order valence-electron chi connectivity index (χ3n) is 2.18. The van der Waals surface area contributed by atoms with Crippen molar-refractivity contribution in [3.8, 4) is 11.9 Å². The molecule has 0 unspecified atom stereocenters. The minimum atomic E-state index is -2.81. The number of methoxy groups -OCH3 is 2. The molecule has 1 aromatic rings. The minimum Gasteiger partial charge on any atom is -0.481 e. The van der Waals surface area contributed by atoms with Crippen LogP contribution in [0.25, 0.3) is 0 Å². The Labute approximate surface area is 102 Å². The van der Waals surface area contributed by atoms with Crippen LogP contribution in [0.4, 0.5) is 8.78 Å². The van der Waals surface area contributed by atoms with Crippen LogP contribution in [0.5, 0.6) is 5.88 Å². The van der Waals surface area contributed by atoms with Gasteiger partial charge < -0.3 is 9.47 Å². The van der Waals surface area contributed by atoms with Gasteiger partial charge in [0.25, 0.3) is 6.43 Å². The average Bonchev–Trinajstić information content (AvgIpc) is 2.37. The first-order valence-corrected chi connectivity index (χ1v) is 4.86. The number of ether oxygens (including phenoxy) is 2. The Bertz CT molecular complexity index is 498. The summed E-state index contributed by atoms with van der Waals surface area (Å²) in [5, 5.41) is 8.85. The zero-order valence-corrected chi connectivity index (χ0v) is 9.74. The summed E-state index contributed by atoms with van der Waals surface area (Å²) >= 11 is 0. The lowest BCUT2D eigenvalue weighted by Crippen LogP contribution is -2.10. The molecule has 0 aliphatic carbocycles. The Kier molecular flexibility index (Phi) is 4.54. The van der Waals surface area contributed by atoms with E-state index in [1.54, 1.807) is 6.07 Å². The molecule has 96 valence electrons. The van der Waals surface area contributed by atoms with Crippen LogP contribution in [0.2, 0.25) is 0 Å². The zero-order valence-electron chi connectivity index (χ0n) is 9.74. The summed E-state index contributed by atoms with van der Waals surface area (Å²) in [7, 11) is 2.36. The van der Waals surface area contributed by atoms with Crippen LogP contribution >= 0.6 is 0 Å². The van der Waals surface area contributed by atoms with Crippen molar-refractivity contribution in [2.45, 2.75) is 12.8 Å². The normalized spacial score (nSPS) is 10.0. The summed E-state index contributed by atoms with van der Waals surface area (Å²) in [6.07, 6.45) is -3.09. The zero-order chi connectivity index (χ0) is 13.7. The van der Waals surface area contributed by atoms with E-state index in [0.29, 0.717) is 0 Å². The smallest absolute Gasteiger partial charge is 0.311 e. The standard InChI is InChI=1S/C11H10F2N2O3/c1-17-9(16)4-8-6(5-14)3-7(10(12)13)11(15-8)18-2/h3,10H,4H2,1-2H3. The largest absolute Gasteiger partial charge is 0.481 e. The van der Waals surface area contributed by atoms with Crippen molar-refractivity contribution < 1.29 is 23.0 Å². The number of hydrogen-bond donors (Lipinski definition) is 0. The van der Waals surface area contributed by atoms with Crippen LogP contribution in [0.1, 0.15) is 23.2 Å². The first-order chi connectivity index (χ1) is 8.53. The van der Waals surface area contributed by atoms with Crippen molar-refractivity contribution in [2.24, 2.45) is 0 Å². The number of nitriles is 1. The number of carbonyl (C=O) groups is 1. The number of carbonyl (C=O) groups excluding carboxylic acids is 1. The van der Waals surface area contributed by atoms with Gasteiger partial charge in [-0.15, -0.1) is 0 Å². The molecule has 18 heavy (non-hydrogen) atoms. The topological polar surface area (TPSA) is 72.2 Å². The fourth-order valence-electron chi connectivity index (χ4n) is 1.31. The molecule has 0 saturated carbocycles. The van der Waals surface area contributed by atoms with E-state index in [-0.39, 0.29) is 23.6 Å². The lowest BCUT2D eigenvalue weighted by Gasteiger charge is -2.10. The van der Waals surface area contributed by atoms with Crippen LogP contribution in [-0.2, 0) is 16.0 Å². The number of esters is 1. The number of pyridine rings is 1. The van der Waals surface area contributed by atoms with Crippen molar-refractivity contribution in [1.82, 2.24) is 4.98 Å². The third-order valence-corrected chi connectivity index (χ3v) is 2.18. The fourth-order valence-corrected chi connectivity index (χ4v) is 1.31. The molecule has 0 spiro atoms. The van der Waals surface area contributed by atoms with Crippen molar-refractivity contribution in [3.05, 3.63) is 22.9 Å². The second-order valence-corrected chi connectivity index (χ2v) is 3.25. The van der Waals surface area contributed by atoms with Gasteiger partial charge >= 0.3 is 5.97 Å². The molecule has 1 rings (SSSR count). The first-order valence-electron chi connectivity index (χ1n) is 4.86. The second kappa shape index (κ2) is 5.91. The van der Waals surface area contributed by atoms with Crippen molar-refractivity contribution in [2.75, 3.05) is 14.2 Å². The number of rotatable bonds is 4. The highest BCUT2D eigenvalue weighted by Gasteiger charge is 2.20. The highest BCUT2D eigenvalue weighted by Crippen LogP contribution is 2.29. The molecule has 0 aliphatic rings. The Balaban J connectivity index is 3.27. The van der Waals surface area contributed by atoms with Gasteiger partial charge in [-0.1, -0.05) is 0 Å². The highest BCUT2D eigenvalue weighted by atomic mass is 19.3. The summed E-state index contributed by atoms with van der Waals surface area (Å²) in [6, 6.07) is 2.68. The van der Waals surface area contributed by atoms with Crippen molar-refractivity contribution in [1.29, 1.82) is 5.26 Å². The van der Waals surface area contributed by atoms with E-state index in [2.05, 4.69) is 9.72 Å². The maximum atomic E-state index is 12.7. The van der Waals surface area contributed by atoms with Gasteiger partial charge in [-0.3, -0.25) is 4.79 Å². The summed E-state index contributed by atoms with van der Waals surface area (Å²) in [5.74, 6) is -0.922. The molecule has 0 bridgehead atoms. The predicted molar refractivity (Wildman–Crippen MR) is 56.2 cm³/mol. The summed E-state index contributed by atoms with van der Waals surface area (Å²) in [4.78, 5) is 14.9. The number of aromatic nitrogens is 1. The SMILES string of the molecule is COC(=O)Cc1nc(OC)c(C(F)F)cc1C#N. The molecular weight excluding hydrogens is 246 g/mol. The number of halogens is 2. The third kappa shape index (κ3) is 2.91. The summed E-state index contributed by atoms with van der Waals surface area (Å²) in [6.45, 7) is 0. The van der Waals surface area contributed by atoms with Crippen LogP contribution < -0.4 is 4.74 Å². The monoisotopic (exact) mass is 256 g/mol. The Morgan fingerprint density at radius 2 is 2.22 bits per heavy atom. The summed E-state index contributed by atoms with van der Waals surface area (Å²) in [5.41, 5.74) is -0.537. The molecule has 0 radical (unpaired) electrons. The van der Waals surface area contributed by atoms with Gasteiger partial charge in [0.1, 0.15) is 6.07 Å². The van der Waals surface area contributed by atoms with E-state index >= 15 is 0 Å². The lowest BCUT2D eigenvalue weighted by molar-refractivity contribution is -0.139. The number of nitrogens with zero attached hydrogens (tertiary/aromatic N) is 2. The lowest BCUT2D eigenvalue weighted by atomic mass is 10.1. The maximum Gasteiger partial charge on any atom is 0.311 e. The second-order valence-electron chi connectivity index (χ2n) is 3.25. The molecule has 0 saturated heterocycles. The molecule has 0 N–H and O–H groups in total. The first kappa shape index (κ1) is 13.8. The van der Waals surface area contributed by atoms with Gasteiger partial charge in [0.05, 0.1) is 37.5 Å². The van der Waals surface area contributed by atoms with E-state index < -0.39 is 18.0 Å². The number of alkyl halides is 2. The summed E-state index contributed by atoms with van der Waals surface area (Å²) < 4.78 is 34.5. The van der Waals surface area contributed by atoms with Gasteiger partial charge in [0, 0.05) is 0 Å². The fraction of sp³-hybridized carbons (Fsp3) is 0.364. The van der Waals surface area contributed by atoms with Gasteiger partial charge in [0.2, 0.25) is 5.88 Å². The van der Waals surface area contributed by atoms with Gasteiger partial charge in [-0.05, 0) is 6.07 Å². The molecular formula is C11H10F2N2O3. The average molecular weight is 256 g/mol. The Morgan fingerprint density at radius 1 is 1.56 bits per heavy atom. The molecule has 0 amide bonds. The van der Waals surface area contributed by atoms with Crippen molar-refractivity contribution >= 4 is 5.97 Å². The van der Waals surface area contributed by atoms with Crippen LogP contribution in [-0.4, -0.2) is 25.2 Å². The molecule has 0 fully saturated rings. The molecule has 1 aromatic heterocycles. The van der Waals surface area contributed by atoms with Crippen molar-refractivity contribution in [3.63, 3.8) is 0 Å². The molecule has 0 aliphatic heterocycles. The van der Waals surface area contributed by atoms with E-state index in [9.17, 15) is 13.6 Å². The van der Waals surface area contributed by atoms with E-state index in [1.165, 1.54) is 14.2 Å². The van der Waals surface area contributed by atoms with Crippen LogP contribution in [0, 0.1) is 11.3 Å². The molecule has 0 aromatic carbocycles. The van der Waals surface area contributed by atoms with Gasteiger partial charge in [0.15, 0.2) is 0 Å². The van der Waals surface area contributed by atoms with Gasteiger partial charge in [-0.25, -0.2) is 13.8 Å². The quantitative estimate of drug-likeness (QED) is 0.765. The molecule has 7 heteroatoms. The molecule has 5 nitrogen and oxygen atoms in total. The number of hydrogen-bond acceptors (Lipinski definition) is 5. The van der Waals surface area contributed by atoms with E-state index in [4.69, 9.17) is 10.00 Å².